The minimum absolute atomic E-state index is 0.183. The molecule has 0 radical (unpaired) electrons. The van der Waals surface area contributed by atoms with Crippen molar-refractivity contribution in [2.75, 3.05) is 20.8 Å². The van der Waals surface area contributed by atoms with Crippen molar-refractivity contribution >= 4 is 34.7 Å². The number of benzene rings is 1. The monoisotopic (exact) mass is 642 g/mol. The fraction of sp³-hybridized carbons (Fsp3) is 0.353. The fourth-order valence-corrected chi connectivity index (χ4v) is 8.83. The van der Waals surface area contributed by atoms with Crippen LogP contribution in [0, 0.1) is 25.2 Å². The summed E-state index contributed by atoms with van der Waals surface area (Å²) in [5.74, 6) is 0.523. The number of aromatic nitrogens is 2. The van der Waals surface area contributed by atoms with Crippen LogP contribution in [-0.4, -0.2) is 35.9 Å². The summed E-state index contributed by atoms with van der Waals surface area (Å²) in [6.07, 6.45) is 6.08. The second kappa shape index (κ2) is 12.2. The molecule has 2 aliphatic rings. The van der Waals surface area contributed by atoms with Gasteiger partial charge in [-0.15, -0.1) is 11.3 Å². The molecule has 1 aromatic carbocycles. The molecule has 4 heterocycles. The number of fused-ring (bicyclic) bond motifs is 2. The highest BCUT2D eigenvalue weighted by atomic mass is 32.1. The van der Waals surface area contributed by atoms with Crippen molar-refractivity contribution in [1.29, 1.82) is 5.26 Å². The van der Waals surface area contributed by atoms with E-state index < -0.39 is 12.0 Å². The number of rotatable bonds is 7. The van der Waals surface area contributed by atoms with Crippen molar-refractivity contribution in [2.24, 2.45) is 4.99 Å². The van der Waals surface area contributed by atoms with Gasteiger partial charge < -0.3 is 18.8 Å². The zero-order chi connectivity index (χ0) is 32.0. The summed E-state index contributed by atoms with van der Waals surface area (Å²) < 4.78 is 20.7. The molecule has 0 fully saturated rings. The van der Waals surface area contributed by atoms with Crippen LogP contribution >= 0.6 is 22.7 Å². The second-order valence-corrected chi connectivity index (χ2v) is 13.2. The number of carbonyl (C=O) groups is 1. The Morgan fingerprint density at radius 3 is 2.62 bits per heavy atom. The lowest BCUT2D eigenvalue weighted by molar-refractivity contribution is -0.139. The van der Waals surface area contributed by atoms with Crippen LogP contribution in [0.1, 0.15) is 71.2 Å². The molecule has 3 aromatic heterocycles. The Bertz CT molecular complexity index is 2100. The first kappa shape index (κ1) is 30.6. The molecule has 0 spiro atoms. The van der Waals surface area contributed by atoms with Crippen LogP contribution in [0.2, 0.25) is 0 Å². The van der Waals surface area contributed by atoms with Crippen LogP contribution in [-0.2, 0) is 22.4 Å². The number of allylic oxidation sites excluding steroid dienone is 1. The van der Waals surface area contributed by atoms with Crippen molar-refractivity contribution in [3.05, 3.63) is 93.7 Å². The highest BCUT2D eigenvalue weighted by molar-refractivity contribution is 7.15. The van der Waals surface area contributed by atoms with Crippen LogP contribution in [0.4, 0.5) is 0 Å². The van der Waals surface area contributed by atoms with E-state index in [1.807, 2.05) is 26.0 Å². The quantitative estimate of drug-likeness (QED) is 0.262. The molecular formula is C34H34N4O5S2. The summed E-state index contributed by atoms with van der Waals surface area (Å²) >= 11 is 2.98. The number of methoxy groups -OCH3 is 2. The van der Waals surface area contributed by atoms with Gasteiger partial charge in [-0.05, 0) is 88.8 Å². The Balaban J connectivity index is 1.53. The maximum absolute atomic E-state index is 14.3. The molecule has 6 rings (SSSR count). The first-order valence-electron chi connectivity index (χ1n) is 14.9. The van der Waals surface area contributed by atoms with Crippen LogP contribution in [0.15, 0.2) is 45.3 Å². The molecule has 1 atom stereocenters. The van der Waals surface area contributed by atoms with Crippen molar-refractivity contribution in [2.45, 2.75) is 59.4 Å². The minimum atomic E-state index is -0.814. The van der Waals surface area contributed by atoms with Gasteiger partial charge in [0.25, 0.3) is 5.56 Å². The number of thiophene rings is 1. The molecule has 0 bridgehead atoms. The van der Waals surface area contributed by atoms with Gasteiger partial charge >= 0.3 is 5.97 Å². The molecule has 11 heteroatoms. The zero-order valence-corrected chi connectivity index (χ0v) is 27.8. The predicted octanol–water partition coefficient (Wildman–Crippen LogP) is 5.04. The molecule has 45 heavy (non-hydrogen) atoms. The van der Waals surface area contributed by atoms with Gasteiger partial charge in [-0.25, -0.2) is 9.79 Å². The molecule has 0 amide bonds. The number of aryl methyl sites for hydroxylation is 2. The Labute approximate surface area is 268 Å². The first-order chi connectivity index (χ1) is 21.7. The average molecular weight is 643 g/mol. The van der Waals surface area contributed by atoms with Gasteiger partial charge in [0.1, 0.15) is 28.6 Å². The fourth-order valence-electron chi connectivity index (χ4n) is 6.34. The highest BCUT2D eigenvalue weighted by Crippen LogP contribution is 2.39. The Kier molecular flexibility index (Phi) is 8.29. The number of nitriles is 1. The highest BCUT2D eigenvalue weighted by Gasteiger charge is 2.35. The molecule has 1 aliphatic heterocycles. The minimum Gasteiger partial charge on any atom is -0.497 e. The summed E-state index contributed by atoms with van der Waals surface area (Å²) in [7, 11) is 3.11. The summed E-state index contributed by atoms with van der Waals surface area (Å²) in [6, 6.07) is 9.02. The van der Waals surface area contributed by atoms with Crippen molar-refractivity contribution in [1.82, 2.24) is 9.13 Å². The maximum atomic E-state index is 14.3. The second-order valence-electron chi connectivity index (χ2n) is 11.1. The third-order valence-corrected chi connectivity index (χ3v) is 10.7. The molecule has 0 saturated carbocycles. The van der Waals surface area contributed by atoms with E-state index in [1.165, 1.54) is 21.8 Å². The first-order valence-corrected chi connectivity index (χ1v) is 16.5. The SMILES string of the molecule is CCOC(=O)C1=C(C)N=c2s/c(=C/c3cc(C)n(-c4sc5c(c4C#N)CCCC5)c3C)c(=O)n2[C@@H]1c1ccc(OC)cc1OC. The summed E-state index contributed by atoms with van der Waals surface area (Å²) in [5.41, 5.74) is 5.88. The van der Waals surface area contributed by atoms with E-state index in [1.54, 1.807) is 62.2 Å². The number of nitrogens with zero attached hydrogens (tertiary/aromatic N) is 4. The molecule has 0 N–H and O–H groups in total. The molecule has 9 nitrogen and oxygen atoms in total. The third-order valence-electron chi connectivity index (χ3n) is 8.48. The number of carbonyl (C=O) groups excluding carboxylic acids is 1. The standard InChI is InChI=1S/C34H34N4O5S2/c1-7-43-33(40)29-19(3)36-34-38(30(29)24-13-12-22(41-5)16-26(24)42-6)31(39)28(45-34)15-21-14-18(2)37(20(21)4)32-25(17-35)23-10-8-9-11-27(23)44-32/h12-16,30H,7-11H2,1-6H3/b28-15+/t30-/m1/s1. The van der Waals surface area contributed by atoms with Gasteiger partial charge in [0.2, 0.25) is 0 Å². The number of thiazole rings is 1. The Hall–Kier alpha value is -4.40. The molecule has 0 saturated heterocycles. The Morgan fingerprint density at radius 2 is 1.91 bits per heavy atom. The largest absolute Gasteiger partial charge is 0.497 e. The summed E-state index contributed by atoms with van der Waals surface area (Å²) in [4.78, 5) is 34.1. The van der Waals surface area contributed by atoms with Gasteiger partial charge in [0.15, 0.2) is 4.80 Å². The topological polar surface area (TPSA) is 108 Å². The number of hydrogen-bond donors (Lipinski definition) is 0. The number of esters is 1. The molecule has 1 aliphatic carbocycles. The summed E-state index contributed by atoms with van der Waals surface area (Å²) in [6.45, 7) is 7.73. The zero-order valence-electron chi connectivity index (χ0n) is 26.1. The molecule has 232 valence electrons. The number of ether oxygens (including phenoxy) is 3. The van der Waals surface area contributed by atoms with Crippen LogP contribution in [0.25, 0.3) is 11.1 Å². The van der Waals surface area contributed by atoms with Crippen molar-refractivity contribution < 1.29 is 19.0 Å². The summed E-state index contributed by atoms with van der Waals surface area (Å²) in [5, 5.41) is 11.1. The van der Waals surface area contributed by atoms with Gasteiger partial charge in [-0.3, -0.25) is 9.36 Å². The Morgan fingerprint density at radius 1 is 1.13 bits per heavy atom. The normalized spacial score (nSPS) is 16.1. The van der Waals surface area contributed by atoms with E-state index in [0.29, 0.717) is 32.1 Å². The van der Waals surface area contributed by atoms with Gasteiger partial charge in [-0.1, -0.05) is 11.3 Å². The van der Waals surface area contributed by atoms with E-state index in [2.05, 4.69) is 10.6 Å². The number of hydrogen-bond acceptors (Lipinski definition) is 9. The van der Waals surface area contributed by atoms with Crippen LogP contribution in [0.3, 0.4) is 0 Å². The average Bonchev–Trinajstić information content (AvgIpc) is 3.65. The lowest BCUT2D eigenvalue weighted by Gasteiger charge is -2.26. The third kappa shape index (κ3) is 5.12. The van der Waals surface area contributed by atoms with E-state index in [9.17, 15) is 14.9 Å². The van der Waals surface area contributed by atoms with E-state index in [4.69, 9.17) is 19.2 Å². The van der Waals surface area contributed by atoms with E-state index >= 15 is 0 Å². The van der Waals surface area contributed by atoms with Crippen molar-refractivity contribution in [3.8, 4) is 22.6 Å². The van der Waals surface area contributed by atoms with Crippen LogP contribution in [0.5, 0.6) is 11.5 Å². The van der Waals surface area contributed by atoms with Gasteiger partial charge in [0, 0.05) is 27.9 Å². The van der Waals surface area contributed by atoms with E-state index in [0.717, 1.165) is 53.2 Å². The molecular weight excluding hydrogens is 609 g/mol. The lowest BCUT2D eigenvalue weighted by Crippen LogP contribution is -2.40. The predicted molar refractivity (Wildman–Crippen MR) is 174 cm³/mol. The van der Waals surface area contributed by atoms with Crippen molar-refractivity contribution in [3.63, 3.8) is 0 Å². The maximum Gasteiger partial charge on any atom is 0.338 e. The van der Waals surface area contributed by atoms with Gasteiger partial charge in [-0.2, -0.15) is 5.26 Å². The lowest BCUT2D eigenvalue weighted by atomic mass is 9.95. The van der Waals surface area contributed by atoms with Crippen LogP contribution < -0.4 is 24.4 Å². The van der Waals surface area contributed by atoms with E-state index in [-0.39, 0.29) is 17.7 Å². The smallest absolute Gasteiger partial charge is 0.338 e. The molecule has 0 unspecified atom stereocenters. The molecule has 4 aromatic rings. The van der Waals surface area contributed by atoms with Gasteiger partial charge in [0.05, 0.1) is 42.2 Å².